The zero-order chi connectivity index (χ0) is 13.8. The maximum atomic E-state index is 12.0. The van der Waals surface area contributed by atoms with Crippen LogP contribution in [-0.2, 0) is 4.79 Å². The summed E-state index contributed by atoms with van der Waals surface area (Å²) in [4.78, 5) is 12.0. The minimum atomic E-state index is -1.13. The number of benzene rings is 1. The lowest BCUT2D eigenvalue weighted by Gasteiger charge is -2.29. The minimum absolute atomic E-state index is 0.135. The molecule has 6 heteroatoms. The number of anilines is 1. The smallest absolute Gasteiger partial charge is 0.256 e. The van der Waals surface area contributed by atoms with Gasteiger partial charge in [-0.3, -0.25) is 9.80 Å². The van der Waals surface area contributed by atoms with Gasteiger partial charge in [-0.1, -0.05) is 30.0 Å². The Morgan fingerprint density at radius 3 is 2.74 bits per heavy atom. The third kappa shape index (κ3) is 3.27. The highest BCUT2D eigenvalue weighted by Crippen LogP contribution is 2.26. The standard InChI is InChI=1S/C13H17N3O2S/c1-9(2)16-13(19-8-14-16)11(17)12(18)15-10-6-4-3-5-7-10/h3-9,11,13,17H,1-2H3,(H,15,18). The van der Waals surface area contributed by atoms with Crippen molar-refractivity contribution in [2.45, 2.75) is 31.4 Å². The van der Waals surface area contributed by atoms with Gasteiger partial charge < -0.3 is 10.4 Å². The lowest BCUT2D eigenvalue weighted by Crippen LogP contribution is -2.45. The van der Waals surface area contributed by atoms with E-state index in [1.165, 1.54) is 11.8 Å². The third-order valence-electron chi connectivity index (χ3n) is 2.75. The summed E-state index contributed by atoms with van der Waals surface area (Å²) in [7, 11) is 0. The van der Waals surface area contributed by atoms with E-state index in [9.17, 15) is 9.90 Å². The molecule has 2 unspecified atom stereocenters. The number of rotatable bonds is 4. The molecule has 5 nitrogen and oxygen atoms in total. The number of aliphatic hydroxyl groups excluding tert-OH is 1. The Bertz CT molecular complexity index is 464. The van der Waals surface area contributed by atoms with Crippen molar-refractivity contribution in [1.29, 1.82) is 0 Å². The zero-order valence-corrected chi connectivity index (χ0v) is 11.7. The lowest BCUT2D eigenvalue weighted by molar-refractivity contribution is -0.125. The maximum absolute atomic E-state index is 12.0. The average Bonchev–Trinajstić information content (AvgIpc) is 2.88. The molecule has 0 aliphatic carbocycles. The zero-order valence-electron chi connectivity index (χ0n) is 10.9. The van der Waals surface area contributed by atoms with E-state index >= 15 is 0 Å². The second-order valence-corrected chi connectivity index (χ2v) is 5.49. The van der Waals surface area contributed by atoms with E-state index in [1.54, 1.807) is 22.7 Å². The quantitative estimate of drug-likeness (QED) is 0.880. The van der Waals surface area contributed by atoms with Crippen molar-refractivity contribution >= 4 is 28.9 Å². The first-order chi connectivity index (χ1) is 9.09. The molecule has 0 spiro atoms. The highest BCUT2D eigenvalue weighted by atomic mass is 32.2. The second-order valence-electron chi connectivity index (χ2n) is 4.52. The summed E-state index contributed by atoms with van der Waals surface area (Å²) in [6.45, 7) is 3.94. The molecule has 1 heterocycles. The number of nitrogens with zero attached hydrogens (tertiary/aromatic N) is 2. The Morgan fingerprint density at radius 1 is 1.42 bits per heavy atom. The normalized spacial score (nSPS) is 19.8. The predicted octanol–water partition coefficient (Wildman–Crippen LogP) is 1.71. The molecular weight excluding hydrogens is 262 g/mol. The van der Waals surface area contributed by atoms with Crippen LogP contribution in [0.3, 0.4) is 0 Å². The van der Waals surface area contributed by atoms with Gasteiger partial charge in [-0.25, -0.2) is 0 Å². The van der Waals surface area contributed by atoms with Crippen LogP contribution < -0.4 is 5.32 Å². The fourth-order valence-corrected chi connectivity index (χ4v) is 2.77. The molecule has 102 valence electrons. The van der Waals surface area contributed by atoms with Crippen molar-refractivity contribution in [3.63, 3.8) is 0 Å². The molecule has 2 N–H and O–H groups in total. The van der Waals surface area contributed by atoms with Crippen LogP contribution in [0.4, 0.5) is 5.69 Å². The van der Waals surface area contributed by atoms with Crippen LogP contribution in [0.5, 0.6) is 0 Å². The number of thioether (sulfide) groups is 1. The average molecular weight is 279 g/mol. The van der Waals surface area contributed by atoms with Crippen LogP contribution in [-0.4, -0.2) is 39.1 Å². The highest BCUT2D eigenvalue weighted by Gasteiger charge is 2.35. The number of aliphatic hydroxyl groups is 1. The summed E-state index contributed by atoms with van der Waals surface area (Å²) in [6.07, 6.45) is -1.13. The summed E-state index contributed by atoms with van der Waals surface area (Å²) in [6, 6.07) is 9.22. The van der Waals surface area contributed by atoms with Crippen LogP contribution in [0.15, 0.2) is 35.4 Å². The van der Waals surface area contributed by atoms with Gasteiger partial charge in [-0.05, 0) is 26.0 Å². The second kappa shape index (κ2) is 6.08. The van der Waals surface area contributed by atoms with E-state index in [1.807, 2.05) is 32.0 Å². The Balaban J connectivity index is 2.00. The molecule has 1 aliphatic heterocycles. The van der Waals surface area contributed by atoms with Crippen molar-refractivity contribution in [2.24, 2.45) is 5.10 Å². The molecule has 0 aromatic heterocycles. The van der Waals surface area contributed by atoms with Crippen molar-refractivity contribution in [1.82, 2.24) is 5.01 Å². The van der Waals surface area contributed by atoms with Crippen molar-refractivity contribution in [3.05, 3.63) is 30.3 Å². The van der Waals surface area contributed by atoms with Gasteiger partial charge in [0.25, 0.3) is 5.91 Å². The Labute approximate surface area is 116 Å². The number of para-hydroxylation sites is 1. The van der Waals surface area contributed by atoms with Crippen molar-refractivity contribution < 1.29 is 9.90 Å². The first-order valence-electron chi connectivity index (χ1n) is 6.10. The molecule has 0 saturated heterocycles. The summed E-state index contributed by atoms with van der Waals surface area (Å²) in [5.41, 5.74) is 2.33. The number of carbonyl (C=O) groups excluding carboxylic acids is 1. The first-order valence-corrected chi connectivity index (χ1v) is 7.04. The van der Waals surface area contributed by atoms with Gasteiger partial charge >= 0.3 is 0 Å². The summed E-state index contributed by atoms with van der Waals surface area (Å²) in [5, 5.41) is 18.4. The number of hydrazone groups is 1. The Hall–Kier alpha value is -1.53. The van der Waals surface area contributed by atoms with Crippen LogP contribution >= 0.6 is 11.8 Å². The predicted molar refractivity (Wildman–Crippen MR) is 77.9 cm³/mol. The van der Waals surface area contributed by atoms with Crippen LogP contribution in [0.1, 0.15) is 13.8 Å². The topological polar surface area (TPSA) is 64.9 Å². The monoisotopic (exact) mass is 279 g/mol. The van der Waals surface area contributed by atoms with Crippen molar-refractivity contribution in [2.75, 3.05) is 5.32 Å². The number of hydrogen-bond donors (Lipinski definition) is 2. The number of hydrogen-bond acceptors (Lipinski definition) is 5. The Kier molecular flexibility index (Phi) is 4.44. The van der Waals surface area contributed by atoms with E-state index in [2.05, 4.69) is 10.4 Å². The van der Waals surface area contributed by atoms with E-state index in [-0.39, 0.29) is 11.4 Å². The van der Waals surface area contributed by atoms with Crippen molar-refractivity contribution in [3.8, 4) is 0 Å². The first kappa shape index (κ1) is 13.9. The fourth-order valence-electron chi connectivity index (χ4n) is 1.79. The van der Waals surface area contributed by atoms with Gasteiger partial charge in [0, 0.05) is 11.7 Å². The van der Waals surface area contributed by atoms with Crippen LogP contribution in [0, 0.1) is 0 Å². The molecule has 2 atom stereocenters. The van der Waals surface area contributed by atoms with E-state index in [0.29, 0.717) is 5.69 Å². The highest BCUT2D eigenvalue weighted by molar-refractivity contribution is 8.12. The van der Waals surface area contributed by atoms with E-state index in [0.717, 1.165) is 0 Å². The van der Waals surface area contributed by atoms with Crippen LogP contribution in [0.2, 0.25) is 0 Å². The van der Waals surface area contributed by atoms with Gasteiger partial charge in [0.2, 0.25) is 0 Å². The minimum Gasteiger partial charge on any atom is -0.380 e. The van der Waals surface area contributed by atoms with E-state index < -0.39 is 12.0 Å². The SMILES string of the molecule is CC(C)N1N=CSC1C(O)C(=O)Nc1ccccc1. The lowest BCUT2D eigenvalue weighted by atomic mass is 10.2. The molecule has 1 aromatic carbocycles. The molecule has 1 aromatic rings. The number of amides is 1. The molecule has 1 amide bonds. The van der Waals surface area contributed by atoms with Gasteiger partial charge in [-0.15, -0.1) is 0 Å². The molecule has 0 bridgehead atoms. The summed E-state index contributed by atoms with van der Waals surface area (Å²) >= 11 is 1.35. The fraction of sp³-hybridized carbons (Fsp3) is 0.385. The summed E-state index contributed by atoms with van der Waals surface area (Å²) in [5.74, 6) is -0.417. The third-order valence-corrected chi connectivity index (χ3v) is 3.72. The maximum Gasteiger partial charge on any atom is 0.256 e. The molecule has 0 radical (unpaired) electrons. The Morgan fingerprint density at radius 2 is 2.11 bits per heavy atom. The summed E-state index contributed by atoms with van der Waals surface area (Å²) < 4.78 is 0. The molecular formula is C13H17N3O2S. The molecule has 0 saturated carbocycles. The molecule has 1 aliphatic rings. The number of nitrogens with one attached hydrogen (secondary N) is 1. The van der Waals surface area contributed by atoms with Gasteiger partial charge in [0.05, 0.1) is 5.55 Å². The largest absolute Gasteiger partial charge is 0.380 e. The molecule has 0 fully saturated rings. The van der Waals surface area contributed by atoms with Gasteiger partial charge in [0.15, 0.2) is 6.10 Å². The van der Waals surface area contributed by atoms with Gasteiger partial charge in [-0.2, -0.15) is 5.10 Å². The van der Waals surface area contributed by atoms with Gasteiger partial charge in [0.1, 0.15) is 5.37 Å². The van der Waals surface area contributed by atoms with E-state index in [4.69, 9.17) is 0 Å². The molecule has 2 rings (SSSR count). The van der Waals surface area contributed by atoms with Crippen LogP contribution in [0.25, 0.3) is 0 Å². The number of carbonyl (C=O) groups is 1. The molecule has 19 heavy (non-hydrogen) atoms.